The number of methoxy groups -OCH3 is 3. The fourth-order valence-corrected chi connectivity index (χ4v) is 4.53. The molecule has 0 saturated carbocycles. The summed E-state index contributed by atoms with van der Waals surface area (Å²) in [7, 11) is 7.03. The van der Waals surface area contributed by atoms with Crippen molar-refractivity contribution >= 4 is 0 Å². The van der Waals surface area contributed by atoms with Crippen LogP contribution in [-0.4, -0.2) is 66.2 Å². The predicted octanol–water partition coefficient (Wildman–Crippen LogP) is 5.50. The number of benzene rings is 2. The van der Waals surface area contributed by atoms with Crippen molar-refractivity contribution < 1.29 is 23.7 Å². The van der Waals surface area contributed by atoms with Crippen LogP contribution in [0.1, 0.15) is 44.7 Å². The molecular weight excluding hydrogens is 468 g/mol. The number of hydrogen-bond acceptors (Lipinski definition) is 7. The molecule has 37 heavy (non-hydrogen) atoms. The minimum absolute atomic E-state index is 0.155. The second-order valence-corrected chi connectivity index (χ2v) is 9.50. The van der Waals surface area contributed by atoms with E-state index < -0.39 is 5.41 Å². The van der Waals surface area contributed by atoms with Crippen molar-refractivity contribution in [3.05, 3.63) is 47.5 Å². The first-order chi connectivity index (χ1) is 17.8. The van der Waals surface area contributed by atoms with Gasteiger partial charge in [0.1, 0.15) is 6.61 Å². The number of rotatable bonds is 17. The van der Waals surface area contributed by atoms with Crippen molar-refractivity contribution in [1.29, 1.82) is 5.26 Å². The first-order valence-electron chi connectivity index (χ1n) is 13.0. The van der Waals surface area contributed by atoms with Crippen LogP contribution < -0.4 is 18.9 Å². The highest BCUT2D eigenvalue weighted by molar-refractivity contribution is 5.47. The molecule has 0 heterocycles. The Balaban J connectivity index is 1.96. The molecule has 7 nitrogen and oxygen atoms in total. The van der Waals surface area contributed by atoms with Gasteiger partial charge < -0.3 is 28.6 Å². The normalized spacial score (nSPS) is 12.8. The van der Waals surface area contributed by atoms with Crippen molar-refractivity contribution in [2.45, 2.75) is 45.4 Å². The van der Waals surface area contributed by atoms with E-state index in [0.717, 1.165) is 49.4 Å². The topological polar surface area (TPSA) is 73.2 Å². The van der Waals surface area contributed by atoms with Gasteiger partial charge in [-0.05, 0) is 81.1 Å². The van der Waals surface area contributed by atoms with E-state index in [1.54, 1.807) is 21.3 Å². The Bertz CT molecular complexity index is 1000. The van der Waals surface area contributed by atoms with Crippen LogP contribution in [0.25, 0.3) is 0 Å². The van der Waals surface area contributed by atoms with Crippen LogP contribution in [0.3, 0.4) is 0 Å². The largest absolute Gasteiger partial charge is 0.493 e. The molecule has 0 fully saturated rings. The van der Waals surface area contributed by atoms with Crippen LogP contribution in [0, 0.1) is 17.2 Å². The molecule has 2 aromatic rings. The van der Waals surface area contributed by atoms with Crippen LogP contribution in [0.5, 0.6) is 23.0 Å². The number of nitrogens with zero attached hydrogens (tertiary/aromatic N) is 2. The third kappa shape index (κ3) is 8.28. The fraction of sp³-hybridized carbons (Fsp3) is 0.567. The minimum Gasteiger partial charge on any atom is -0.493 e. The van der Waals surface area contributed by atoms with E-state index in [-0.39, 0.29) is 5.92 Å². The molecule has 2 aromatic carbocycles. The predicted molar refractivity (Wildman–Crippen MR) is 147 cm³/mol. The molecule has 1 atom stereocenters. The van der Waals surface area contributed by atoms with Gasteiger partial charge in [0.2, 0.25) is 0 Å². The van der Waals surface area contributed by atoms with Gasteiger partial charge in [-0.1, -0.05) is 26.0 Å². The standard InChI is InChI=1S/C30H44N2O5/c1-8-36-18-19-37-27-12-10-24(20-28(27)34-6)14-17-32(4)16-9-15-30(22-31,23(2)3)25-11-13-26(33-5)29(21-25)35-7/h10-13,20-21,23H,8-9,14-19H2,1-7H3. The first kappa shape index (κ1) is 30.3. The molecule has 204 valence electrons. The van der Waals surface area contributed by atoms with Crippen molar-refractivity contribution in [2.24, 2.45) is 5.92 Å². The van der Waals surface area contributed by atoms with Gasteiger partial charge in [-0.3, -0.25) is 0 Å². The van der Waals surface area contributed by atoms with Crippen LogP contribution in [0.15, 0.2) is 36.4 Å². The second kappa shape index (κ2) is 15.3. The summed E-state index contributed by atoms with van der Waals surface area (Å²) in [5, 5.41) is 10.3. The van der Waals surface area contributed by atoms with Gasteiger partial charge in [-0.25, -0.2) is 0 Å². The fourth-order valence-electron chi connectivity index (χ4n) is 4.53. The average Bonchev–Trinajstić information content (AvgIpc) is 2.92. The molecule has 0 bridgehead atoms. The SMILES string of the molecule is CCOCCOc1ccc(CCN(C)CCCC(C#N)(c2ccc(OC)c(OC)c2)C(C)C)cc1OC. The zero-order chi connectivity index (χ0) is 27.3. The van der Waals surface area contributed by atoms with E-state index in [1.807, 2.05) is 37.3 Å². The lowest BCUT2D eigenvalue weighted by molar-refractivity contribution is 0.109. The van der Waals surface area contributed by atoms with Gasteiger partial charge >= 0.3 is 0 Å². The zero-order valence-electron chi connectivity index (χ0n) is 23.6. The second-order valence-electron chi connectivity index (χ2n) is 9.50. The van der Waals surface area contributed by atoms with Crippen molar-refractivity contribution in [3.63, 3.8) is 0 Å². The molecule has 0 N–H and O–H groups in total. The zero-order valence-corrected chi connectivity index (χ0v) is 23.6. The minimum atomic E-state index is -0.592. The van der Waals surface area contributed by atoms with Gasteiger partial charge in [0, 0.05) is 13.2 Å². The van der Waals surface area contributed by atoms with Crippen molar-refractivity contribution in [1.82, 2.24) is 4.90 Å². The van der Waals surface area contributed by atoms with E-state index in [9.17, 15) is 5.26 Å². The summed E-state index contributed by atoms with van der Waals surface area (Å²) < 4.78 is 27.5. The van der Waals surface area contributed by atoms with Crippen LogP contribution in [-0.2, 0) is 16.6 Å². The summed E-state index contributed by atoms with van der Waals surface area (Å²) in [4.78, 5) is 2.32. The molecule has 7 heteroatoms. The lowest BCUT2D eigenvalue weighted by Gasteiger charge is -2.32. The van der Waals surface area contributed by atoms with Crippen LogP contribution in [0.4, 0.5) is 0 Å². The highest BCUT2D eigenvalue weighted by Crippen LogP contribution is 2.40. The molecule has 2 rings (SSSR count). The Hall–Kier alpha value is -2.95. The molecule has 0 aromatic heterocycles. The summed E-state index contributed by atoms with van der Waals surface area (Å²) in [5.41, 5.74) is 1.58. The summed E-state index contributed by atoms with van der Waals surface area (Å²) in [6.07, 6.45) is 2.57. The quantitative estimate of drug-likeness (QED) is 0.259. The number of likely N-dealkylation sites (N-methyl/N-ethyl adjacent to an activating group) is 1. The Morgan fingerprint density at radius 2 is 1.57 bits per heavy atom. The number of ether oxygens (including phenoxy) is 5. The molecule has 0 spiro atoms. The van der Waals surface area contributed by atoms with Crippen LogP contribution >= 0.6 is 0 Å². The third-order valence-corrected chi connectivity index (χ3v) is 6.89. The summed E-state index contributed by atoms with van der Waals surface area (Å²) in [6.45, 7) is 9.73. The van der Waals surface area contributed by atoms with Crippen molar-refractivity contribution in [2.75, 3.05) is 61.3 Å². The van der Waals surface area contributed by atoms with Gasteiger partial charge in [-0.15, -0.1) is 0 Å². The maximum atomic E-state index is 10.3. The molecule has 0 aliphatic heterocycles. The monoisotopic (exact) mass is 512 g/mol. The van der Waals surface area contributed by atoms with Gasteiger partial charge in [-0.2, -0.15) is 5.26 Å². The van der Waals surface area contributed by atoms with E-state index >= 15 is 0 Å². The smallest absolute Gasteiger partial charge is 0.161 e. The molecule has 0 saturated heterocycles. The Morgan fingerprint density at radius 3 is 2.19 bits per heavy atom. The molecule has 1 unspecified atom stereocenters. The van der Waals surface area contributed by atoms with E-state index in [0.29, 0.717) is 31.3 Å². The molecule has 0 aliphatic rings. The van der Waals surface area contributed by atoms with Gasteiger partial charge in [0.25, 0.3) is 0 Å². The van der Waals surface area contributed by atoms with E-state index in [2.05, 4.69) is 37.9 Å². The Labute approximate surface area is 223 Å². The molecule has 0 amide bonds. The first-order valence-corrected chi connectivity index (χ1v) is 13.0. The lowest BCUT2D eigenvalue weighted by atomic mass is 9.69. The summed E-state index contributed by atoms with van der Waals surface area (Å²) in [5.74, 6) is 2.95. The summed E-state index contributed by atoms with van der Waals surface area (Å²) >= 11 is 0. The number of nitriles is 1. The van der Waals surface area contributed by atoms with Gasteiger partial charge in [0.15, 0.2) is 23.0 Å². The Kier molecular flexibility index (Phi) is 12.5. The average molecular weight is 513 g/mol. The van der Waals surface area contributed by atoms with E-state index in [4.69, 9.17) is 23.7 Å². The number of hydrogen-bond donors (Lipinski definition) is 0. The van der Waals surface area contributed by atoms with Crippen molar-refractivity contribution in [3.8, 4) is 29.1 Å². The highest BCUT2D eigenvalue weighted by Gasteiger charge is 2.36. The maximum Gasteiger partial charge on any atom is 0.161 e. The Morgan fingerprint density at radius 1 is 0.892 bits per heavy atom. The van der Waals surface area contributed by atoms with Gasteiger partial charge in [0.05, 0.1) is 39.4 Å². The maximum absolute atomic E-state index is 10.3. The molecular formula is C30H44N2O5. The molecule has 0 radical (unpaired) electrons. The lowest BCUT2D eigenvalue weighted by Crippen LogP contribution is -2.32. The summed E-state index contributed by atoms with van der Waals surface area (Å²) in [6, 6.07) is 14.6. The highest BCUT2D eigenvalue weighted by atomic mass is 16.5. The third-order valence-electron chi connectivity index (χ3n) is 6.89. The molecule has 0 aliphatic carbocycles. The van der Waals surface area contributed by atoms with E-state index in [1.165, 1.54) is 5.56 Å². The van der Waals surface area contributed by atoms with Crippen LogP contribution in [0.2, 0.25) is 0 Å².